The predicted molar refractivity (Wildman–Crippen MR) is 77.6 cm³/mol. The van der Waals surface area contributed by atoms with Crippen molar-refractivity contribution in [3.05, 3.63) is 35.9 Å². The zero-order valence-corrected chi connectivity index (χ0v) is 12.4. The van der Waals surface area contributed by atoms with Gasteiger partial charge in [0.25, 0.3) is 0 Å². The van der Waals surface area contributed by atoms with Crippen molar-refractivity contribution in [1.82, 2.24) is 5.32 Å². The highest BCUT2D eigenvalue weighted by molar-refractivity contribution is 5.13. The van der Waals surface area contributed by atoms with Gasteiger partial charge < -0.3 is 10.1 Å². The molecule has 18 heavy (non-hydrogen) atoms. The van der Waals surface area contributed by atoms with Crippen molar-refractivity contribution in [3.63, 3.8) is 0 Å². The van der Waals surface area contributed by atoms with Crippen LogP contribution in [-0.4, -0.2) is 18.2 Å². The maximum absolute atomic E-state index is 6.02. The van der Waals surface area contributed by atoms with Gasteiger partial charge in [-0.2, -0.15) is 0 Å². The highest BCUT2D eigenvalue weighted by Gasteiger charge is 2.17. The molecule has 0 aromatic heterocycles. The minimum Gasteiger partial charge on any atom is -0.372 e. The molecule has 0 spiro atoms. The molecule has 0 radical (unpaired) electrons. The second-order valence-electron chi connectivity index (χ2n) is 6.21. The van der Waals surface area contributed by atoms with Crippen molar-refractivity contribution in [2.45, 2.75) is 52.9 Å². The van der Waals surface area contributed by atoms with Crippen LogP contribution in [0.4, 0.5) is 0 Å². The summed E-state index contributed by atoms with van der Waals surface area (Å²) in [6.07, 6.45) is 0.254. The highest BCUT2D eigenvalue weighted by atomic mass is 16.5. The van der Waals surface area contributed by atoms with E-state index in [9.17, 15) is 0 Å². The van der Waals surface area contributed by atoms with Crippen LogP contribution < -0.4 is 5.32 Å². The second-order valence-corrected chi connectivity index (χ2v) is 6.21. The van der Waals surface area contributed by atoms with E-state index in [-0.39, 0.29) is 11.6 Å². The van der Waals surface area contributed by atoms with Crippen molar-refractivity contribution in [3.8, 4) is 0 Å². The molecule has 0 amide bonds. The van der Waals surface area contributed by atoms with Gasteiger partial charge in [0.05, 0.1) is 12.7 Å². The van der Waals surface area contributed by atoms with E-state index < -0.39 is 0 Å². The van der Waals surface area contributed by atoms with E-state index in [1.165, 1.54) is 5.56 Å². The van der Waals surface area contributed by atoms with E-state index in [4.69, 9.17) is 4.74 Å². The summed E-state index contributed by atoms with van der Waals surface area (Å²) >= 11 is 0. The van der Waals surface area contributed by atoms with Crippen LogP contribution in [0.3, 0.4) is 0 Å². The van der Waals surface area contributed by atoms with E-state index in [0.29, 0.717) is 12.5 Å². The third-order valence-corrected chi connectivity index (χ3v) is 2.88. The Morgan fingerprint density at radius 1 is 1.11 bits per heavy atom. The Labute approximate surface area is 112 Å². The number of hydrogen-bond acceptors (Lipinski definition) is 2. The van der Waals surface area contributed by atoms with Crippen LogP contribution in [0.2, 0.25) is 0 Å². The van der Waals surface area contributed by atoms with Crippen LogP contribution in [0.25, 0.3) is 0 Å². The number of benzene rings is 1. The topological polar surface area (TPSA) is 21.3 Å². The van der Waals surface area contributed by atoms with Crippen molar-refractivity contribution >= 4 is 0 Å². The molecule has 1 atom stereocenters. The van der Waals surface area contributed by atoms with Crippen molar-refractivity contribution < 1.29 is 4.74 Å². The fourth-order valence-electron chi connectivity index (χ4n) is 1.67. The van der Waals surface area contributed by atoms with Gasteiger partial charge in [-0.05, 0) is 32.3 Å². The van der Waals surface area contributed by atoms with Crippen LogP contribution in [-0.2, 0) is 11.3 Å². The summed E-state index contributed by atoms with van der Waals surface area (Å²) in [4.78, 5) is 0. The molecule has 0 aliphatic carbocycles. The summed E-state index contributed by atoms with van der Waals surface area (Å²) in [6, 6.07) is 10.3. The molecule has 0 aliphatic rings. The Kier molecular flexibility index (Phi) is 5.83. The Morgan fingerprint density at radius 3 is 2.22 bits per heavy atom. The fourth-order valence-corrected chi connectivity index (χ4v) is 1.67. The average molecular weight is 249 g/mol. The van der Waals surface area contributed by atoms with E-state index >= 15 is 0 Å². The Balaban J connectivity index is 2.44. The van der Waals surface area contributed by atoms with Gasteiger partial charge in [0, 0.05) is 12.1 Å². The molecule has 0 fully saturated rings. The first kappa shape index (κ1) is 15.2. The first-order valence-corrected chi connectivity index (χ1v) is 6.79. The number of nitrogens with one attached hydrogen (secondary N) is 1. The van der Waals surface area contributed by atoms with Crippen LogP contribution in [0.5, 0.6) is 0 Å². The molecule has 0 heterocycles. The van der Waals surface area contributed by atoms with Crippen LogP contribution in [0, 0.1) is 5.92 Å². The lowest BCUT2D eigenvalue weighted by molar-refractivity contribution is 0.00787. The molecule has 0 saturated heterocycles. The van der Waals surface area contributed by atoms with Gasteiger partial charge in [-0.3, -0.25) is 0 Å². The van der Waals surface area contributed by atoms with Gasteiger partial charge in [-0.25, -0.2) is 0 Å². The number of rotatable bonds is 6. The molecule has 1 N–H and O–H groups in total. The molecule has 0 bridgehead atoms. The predicted octanol–water partition coefficient (Wildman–Crippen LogP) is 3.62. The molecule has 102 valence electrons. The van der Waals surface area contributed by atoms with Crippen LogP contribution in [0.1, 0.15) is 40.2 Å². The van der Waals surface area contributed by atoms with Gasteiger partial charge in [0.2, 0.25) is 0 Å². The third kappa shape index (κ3) is 6.18. The summed E-state index contributed by atoms with van der Waals surface area (Å²) < 4.78 is 6.02. The van der Waals surface area contributed by atoms with E-state index in [0.717, 1.165) is 6.54 Å². The van der Waals surface area contributed by atoms with Crippen LogP contribution in [0.15, 0.2) is 30.3 Å². The molecule has 1 aromatic carbocycles. The molecular formula is C16H27NO. The minimum atomic E-state index is 0.142. The smallest absolute Gasteiger partial charge is 0.0727 e. The van der Waals surface area contributed by atoms with Crippen LogP contribution >= 0.6 is 0 Å². The molecule has 1 unspecified atom stereocenters. The lowest BCUT2D eigenvalue weighted by atomic mass is 10.0. The Hall–Kier alpha value is -0.860. The van der Waals surface area contributed by atoms with Gasteiger partial charge in [0.15, 0.2) is 0 Å². The molecule has 2 nitrogen and oxygen atoms in total. The summed E-state index contributed by atoms with van der Waals surface area (Å²) in [5, 5.41) is 3.51. The largest absolute Gasteiger partial charge is 0.372 e. The standard InChI is InChI=1S/C16H27NO/c1-13(2)15(11-17-16(3,4)5)18-12-14-9-7-6-8-10-14/h6-10,13,15,17H,11-12H2,1-5H3. The van der Waals surface area contributed by atoms with Gasteiger partial charge in [-0.15, -0.1) is 0 Å². The normalized spacial score (nSPS) is 13.9. The van der Waals surface area contributed by atoms with Gasteiger partial charge in [0.1, 0.15) is 0 Å². The third-order valence-electron chi connectivity index (χ3n) is 2.88. The molecule has 1 aromatic rings. The van der Waals surface area contributed by atoms with E-state index in [2.05, 4.69) is 64.2 Å². The first-order valence-electron chi connectivity index (χ1n) is 6.79. The Morgan fingerprint density at radius 2 is 1.72 bits per heavy atom. The monoisotopic (exact) mass is 249 g/mol. The summed E-state index contributed by atoms with van der Waals surface area (Å²) in [6.45, 7) is 12.5. The molecule has 2 heteroatoms. The molecule has 0 saturated carbocycles. The minimum absolute atomic E-state index is 0.142. The van der Waals surface area contributed by atoms with Crippen molar-refractivity contribution in [1.29, 1.82) is 0 Å². The van der Waals surface area contributed by atoms with E-state index in [1.807, 2.05) is 6.07 Å². The zero-order valence-electron chi connectivity index (χ0n) is 12.4. The maximum Gasteiger partial charge on any atom is 0.0727 e. The van der Waals surface area contributed by atoms with E-state index in [1.54, 1.807) is 0 Å². The fraction of sp³-hybridized carbons (Fsp3) is 0.625. The van der Waals surface area contributed by atoms with Crippen molar-refractivity contribution in [2.75, 3.05) is 6.54 Å². The molecule has 0 aliphatic heterocycles. The SMILES string of the molecule is CC(C)C(CNC(C)(C)C)OCc1ccccc1. The molecule has 1 rings (SSSR count). The Bertz CT molecular complexity index is 327. The summed E-state index contributed by atoms with van der Waals surface area (Å²) in [5.74, 6) is 0.517. The quantitative estimate of drug-likeness (QED) is 0.831. The first-order chi connectivity index (χ1) is 8.38. The average Bonchev–Trinajstić information content (AvgIpc) is 2.28. The summed E-state index contributed by atoms with van der Waals surface area (Å²) in [7, 11) is 0. The van der Waals surface area contributed by atoms with Gasteiger partial charge in [-0.1, -0.05) is 44.2 Å². The second kappa shape index (κ2) is 6.91. The van der Waals surface area contributed by atoms with Crippen molar-refractivity contribution in [2.24, 2.45) is 5.92 Å². The highest BCUT2D eigenvalue weighted by Crippen LogP contribution is 2.11. The lowest BCUT2D eigenvalue weighted by Crippen LogP contribution is -2.43. The van der Waals surface area contributed by atoms with Gasteiger partial charge >= 0.3 is 0 Å². The number of hydrogen-bond donors (Lipinski definition) is 1. The zero-order chi connectivity index (χ0) is 13.6. The lowest BCUT2D eigenvalue weighted by Gasteiger charge is -2.27. The maximum atomic E-state index is 6.02. The molecular weight excluding hydrogens is 222 g/mol. The number of ether oxygens (including phenoxy) is 1. The summed E-state index contributed by atoms with van der Waals surface area (Å²) in [5.41, 5.74) is 1.38.